The van der Waals surface area contributed by atoms with Crippen LogP contribution in [0.25, 0.3) is 0 Å². The number of quaternary nitrogens is 1. The largest absolute Gasteiger partial charge is 0.756 e. The van der Waals surface area contributed by atoms with E-state index >= 15 is 0 Å². The SMILES string of the molecule is CCCCCCCCCCC=CCCCCCC(=O)OC[C@@H](O)COP(=O)([O-])OCC[NH3+]. The minimum atomic E-state index is -4.45. The van der Waals surface area contributed by atoms with E-state index in [2.05, 4.69) is 33.9 Å². The first-order chi connectivity index (χ1) is 15.4. The fourth-order valence-electron chi connectivity index (χ4n) is 3.04. The fourth-order valence-corrected chi connectivity index (χ4v) is 3.82. The lowest BCUT2D eigenvalue weighted by Gasteiger charge is -2.23. The first-order valence-corrected chi connectivity index (χ1v) is 13.8. The van der Waals surface area contributed by atoms with E-state index in [1.54, 1.807) is 0 Å². The number of carbonyl (C=O) groups excluding carboxylic acids is 1. The summed E-state index contributed by atoms with van der Waals surface area (Å²) >= 11 is 0. The summed E-state index contributed by atoms with van der Waals surface area (Å²) in [5, 5.41) is 9.65. The van der Waals surface area contributed by atoms with Crippen molar-refractivity contribution in [2.75, 3.05) is 26.4 Å². The molecule has 0 saturated heterocycles. The van der Waals surface area contributed by atoms with Gasteiger partial charge in [-0.1, -0.05) is 70.4 Å². The molecule has 9 heteroatoms. The van der Waals surface area contributed by atoms with E-state index in [1.165, 1.54) is 51.4 Å². The van der Waals surface area contributed by atoms with Gasteiger partial charge in [0.05, 0.1) is 13.2 Å². The second kappa shape index (κ2) is 22.1. The molecule has 4 N–H and O–H groups in total. The highest BCUT2D eigenvalue weighted by atomic mass is 31.2. The van der Waals surface area contributed by atoms with Gasteiger partial charge in [0.2, 0.25) is 0 Å². The van der Waals surface area contributed by atoms with E-state index in [9.17, 15) is 19.4 Å². The molecule has 0 aromatic heterocycles. The van der Waals surface area contributed by atoms with Crippen molar-refractivity contribution in [2.24, 2.45) is 0 Å². The van der Waals surface area contributed by atoms with Gasteiger partial charge in [0, 0.05) is 6.42 Å². The molecule has 0 radical (unpaired) electrons. The second-order valence-electron chi connectivity index (χ2n) is 8.10. The van der Waals surface area contributed by atoms with E-state index in [4.69, 9.17) is 4.74 Å². The number of carbonyl (C=O) groups is 1. The summed E-state index contributed by atoms with van der Waals surface area (Å²) in [6, 6.07) is 0. The smallest absolute Gasteiger partial charge is 0.305 e. The summed E-state index contributed by atoms with van der Waals surface area (Å²) in [7, 11) is -4.45. The molecule has 0 saturated carbocycles. The van der Waals surface area contributed by atoms with Crippen LogP contribution in [0.5, 0.6) is 0 Å². The minimum absolute atomic E-state index is 0.0824. The number of hydrogen-bond donors (Lipinski definition) is 2. The van der Waals surface area contributed by atoms with Gasteiger partial charge in [-0.3, -0.25) is 9.36 Å². The van der Waals surface area contributed by atoms with Gasteiger partial charge >= 0.3 is 5.97 Å². The lowest BCUT2D eigenvalue weighted by atomic mass is 10.1. The maximum absolute atomic E-state index is 11.7. The summed E-state index contributed by atoms with van der Waals surface area (Å²) in [6.07, 6.45) is 19.1. The van der Waals surface area contributed by atoms with Crippen LogP contribution in [0.4, 0.5) is 0 Å². The molecular weight excluding hydrogens is 433 g/mol. The van der Waals surface area contributed by atoms with Crippen LogP contribution in [-0.2, 0) is 23.1 Å². The Morgan fingerprint density at radius 1 is 0.938 bits per heavy atom. The maximum Gasteiger partial charge on any atom is 0.305 e. The highest BCUT2D eigenvalue weighted by molar-refractivity contribution is 7.45. The van der Waals surface area contributed by atoms with Gasteiger partial charge in [0.15, 0.2) is 0 Å². The average molecular weight is 480 g/mol. The number of aliphatic hydroxyl groups excluding tert-OH is 1. The number of rotatable bonds is 23. The molecule has 2 atom stereocenters. The summed E-state index contributed by atoms with van der Waals surface area (Å²) < 4.78 is 25.3. The monoisotopic (exact) mass is 479 g/mol. The molecule has 0 aromatic carbocycles. The number of esters is 1. The molecule has 1 unspecified atom stereocenters. The second-order valence-corrected chi connectivity index (χ2v) is 9.51. The molecule has 190 valence electrons. The predicted octanol–water partition coefficient (Wildman–Crippen LogP) is 3.67. The zero-order valence-electron chi connectivity index (χ0n) is 20.0. The molecule has 0 aromatic rings. The van der Waals surface area contributed by atoms with Crippen molar-refractivity contribution >= 4 is 13.8 Å². The quantitative estimate of drug-likeness (QED) is 0.0988. The molecule has 0 fully saturated rings. The number of allylic oxidation sites excluding steroid dienone is 2. The minimum Gasteiger partial charge on any atom is -0.756 e. The molecular formula is C23H46NO7P. The van der Waals surface area contributed by atoms with Crippen molar-refractivity contribution in [3.8, 4) is 0 Å². The molecule has 32 heavy (non-hydrogen) atoms. The fraction of sp³-hybridized carbons (Fsp3) is 0.870. The summed E-state index contributed by atoms with van der Waals surface area (Å²) in [5.74, 6) is -0.409. The van der Waals surface area contributed by atoms with Crippen LogP contribution in [0, 0.1) is 0 Å². The topological polar surface area (TPSA) is 133 Å². The van der Waals surface area contributed by atoms with Crippen LogP contribution in [0.1, 0.15) is 96.8 Å². The Morgan fingerprint density at radius 2 is 1.50 bits per heavy atom. The van der Waals surface area contributed by atoms with E-state index in [-0.39, 0.29) is 26.2 Å². The summed E-state index contributed by atoms with van der Waals surface area (Å²) in [4.78, 5) is 23.0. The van der Waals surface area contributed by atoms with Gasteiger partial charge in [-0.25, -0.2) is 0 Å². The zero-order chi connectivity index (χ0) is 23.9. The van der Waals surface area contributed by atoms with Crippen molar-refractivity contribution in [3.63, 3.8) is 0 Å². The number of unbranched alkanes of at least 4 members (excludes halogenated alkanes) is 11. The van der Waals surface area contributed by atoms with E-state index in [0.29, 0.717) is 0 Å². The third-order valence-corrected chi connectivity index (χ3v) is 5.86. The number of phosphoric acid groups is 1. The normalized spacial score (nSPS) is 14.5. The Balaban J connectivity index is 3.50. The van der Waals surface area contributed by atoms with Crippen LogP contribution in [0.15, 0.2) is 12.2 Å². The third kappa shape index (κ3) is 22.4. The number of ether oxygens (including phenoxy) is 1. The molecule has 0 bridgehead atoms. The van der Waals surface area contributed by atoms with Crippen LogP contribution in [-0.4, -0.2) is 43.5 Å². The Hall–Kier alpha value is -0.760. The molecule has 0 heterocycles. The van der Waals surface area contributed by atoms with Crippen molar-refractivity contribution in [3.05, 3.63) is 12.2 Å². The van der Waals surface area contributed by atoms with Crippen molar-refractivity contribution in [2.45, 2.75) is 103 Å². The van der Waals surface area contributed by atoms with Crippen molar-refractivity contribution in [1.82, 2.24) is 0 Å². The number of phosphoric ester groups is 1. The Kier molecular flexibility index (Phi) is 21.5. The molecule has 0 aliphatic rings. The first kappa shape index (κ1) is 31.2. The van der Waals surface area contributed by atoms with Gasteiger partial charge in [0.1, 0.15) is 19.3 Å². The third-order valence-electron chi connectivity index (χ3n) is 4.90. The van der Waals surface area contributed by atoms with Crippen molar-refractivity contribution < 1.29 is 38.9 Å². The maximum atomic E-state index is 11.7. The number of aliphatic hydroxyl groups is 1. The van der Waals surface area contributed by atoms with Gasteiger partial charge in [-0.15, -0.1) is 0 Å². The Morgan fingerprint density at radius 3 is 2.09 bits per heavy atom. The zero-order valence-corrected chi connectivity index (χ0v) is 20.9. The van der Waals surface area contributed by atoms with Crippen LogP contribution < -0.4 is 10.6 Å². The lowest BCUT2D eigenvalue weighted by Crippen LogP contribution is -2.52. The summed E-state index contributed by atoms with van der Waals surface area (Å²) in [6.45, 7) is 1.62. The first-order valence-electron chi connectivity index (χ1n) is 12.3. The standard InChI is InChI=1S/C23H46NO7P/c1-2-3-4-5-6-7-8-9-10-11-12-13-14-15-16-17-23(26)29-20-22(25)21-31-32(27,28)30-19-18-24/h11-12,22,25H,2-10,13-21,24H2,1H3,(H,27,28)/t22-/m1/s1. The average Bonchev–Trinajstić information content (AvgIpc) is 2.77. The Bertz CT molecular complexity index is 517. The lowest BCUT2D eigenvalue weighted by molar-refractivity contribution is -0.373. The molecule has 0 amide bonds. The van der Waals surface area contributed by atoms with E-state index < -0.39 is 26.5 Å². The van der Waals surface area contributed by atoms with Gasteiger partial charge in [0.25, 0.3) is 7.82 Å². The van der Waals surface area contributed by atoms with Crippen LogP contribution >= 0.6 is 7.82 Å². The molecule has 0 rings (SSSR count). The molecule has 0 aliphatic carbocycles. The highest BCUT2D eigenvalue weighted by Gasteiger charge is 2.14. The van der Waals surface area contributed by atoms with E-state index in [0.717, 1.165) is 32.1 Å². The van der Waals surface area contributed by atoms with Crippen molar-refractivity contribution in [1.29, 1.82) is 0 Å². The predicted molar refractivity (Wildman–Crippen MR) is 124 cm³/mol. The van der Waals surface area contributed by atoms with Gasteiger partial charge in [-0.2, -0.15) is 0 Å². The summed E-state index contributed by atoms with van der Waals surface area (Å²) in [5.41, 5.74) is 3.45. The van der Waals surface area contributed by atoms with Gasteiger partial charge < -0.3 is 29.5 Å². The van der Waals surface area contributed by atoms with Gasteiger partial charge in [-0.05, 0) is 32.1 Å². The Labute approximate surface area is 194 Å². The molecule has 0 aliphatic heterocycles. The number of hydrogen-bond acceptors (Lipinski definition) is 7. The molecule has 8 nitrogen and oxygen atoms in total. The molecule has 0 spiro atoms. The van der Waals surface area contributed by atoms with Crippen LogP contribution in [0.2, 0.25) is 0 Å². The van der Waals surface area contributed by atoms with E-state index in [1.807, 2.05) is 0 Å². The van der Waals surface area contributed by atoms with Crippen LogP contribution in [0.3, 0.4) is 0 Å². The highest BCUT2D eigenvalue weighted by Crippen LogP contribution is 2.37.